The third kappa shape index (κ3) is 8.55. The minimum absolute atomic E-state index is 0.523. The highest BCUT2D eigenvalue weighted by Gasteiger charge is 1.86. The van der Waals surface area contributed by atoms with Crippen LogP contribution >= 0.6 is 37.1 Å². The van der Waals surface area contributed by atoms with E-state index in [1.54, 1.807) is 0 Å². The minimum atomic E-state index is 0.523. The highest BCUT2D eigenvalue weighted by Crippen LogP contribution is 1.90. The van der Waals surface area contributed by atoms with Gasteiger partial charge in [0.1, 0.15) is 4.32 Å². The Morgan fingerprint density at radius 1 is 1.50 bits per heavy atom. The first-order chi connectivity index (χ1) is 4.63. The van der Waals surface area contributed by atoms with E-state index >= 15 is 0 Å². The van der Waals surface area contributed by atoms with E-state index in [1.807, 2.05) is 0 Å². The van der Waals surface area contributed by atoms with Gasteiger partial charge in [0, 0.05) is 6.54 Å². The van der Waals surface area contributed by atoms with Crippen molar-refractivity contribution in [2.75, 3.05) is 6.54 Å². The molecule has 0 aliphatic heterocycles. The van der Waals surface area contributed by atoms with E-state index in [-0.39, 0.29) is 0 Å². The Morgan fingerprint density at radius 3 is 2.50 bits per heavy atom. The van der Waals surface area contributed by atoms with Crippen molar-refractivity contribution in [1.82, 2.24) is 5.32 Å². The van der Waals surface area contributed by atoms with Gasteiger partial charge in [-0.1, -0.05) is 12.2 Å². The average Bonchev–Trinajstić information content (AvgIpc) is 1.79. The second-order valence-electron chi connectivity index (χ2n) is 1.71. The summed E-state index contributed by atoms with van der Waals surface area (Å²) in [5.41, 5.74) is 0. The van der Waals surface area contributed by atoms with Crippen molar-refractivity contribution in [3.63, 3.8) is 0 Å². The van der Waals surface area contributed by atoms with Crippen LogP contribution in [0.25, 0.3) is 0 Å². The molecule has 58 valence electrons. The molecule has 0 heterocycles. The van der Waals surface area contributed by atoms with Gasteiger partial charge in [0.25, 0.3) is 0 Å². The van der Waals surface area contributed by atoms with Crippen LogP contribution in [0.5, 0.6) is 0 Å². The lowest BCUT2D eigenvalue weighted by molar-refractivity contribution is 0.823. The molecule has 0 bridgehead atoms. The van der Waals surface area contributed by atoms with Crippen molar-refractivity contribution in [2.45, 2.75) is 12.8 Å². The number of thiocarbonyl (C=S) groups is 2. The molecule has 0 saturated carbocycles. The van der Waals surface area contributed by atoms with Gasteiger partial charge >= 0.3 is 0 Å². The van der Waals surface area contributed by atoms with Crippen molar-refractivity contribution >= 4 is 58.2 Å². The predicted octanol–water partition coefficient (Wildman–Crippen LogP) is 1.45. The molecule has 1 N–H and O–H groups in total. The lowest BCUT2D eigenvalue weighted by Gasteiger charge is -2.04. The number of nitrogens with one attached hydrogen (secondary N) is 1. The quantitative estimate of drug-likeness (QED) is 0.315. The summed E-state index contributed by atoms with van der Waals surface area (Å²) in [6.45, 7) is 0.805. The van der Waals surface area contributed by atoms with Crippen molar-refractivity contribution in [1.29, 1.82) is 0 Å². The normalized spacial score (nSPS) is 8.90. The first-order valence-electron chi connectivity index (χ1n) is 2.79. The third-order valence-electron chi connectivity index (χ3n) is 0.834. The molecule has 0 amide bonds. The first-order valence-corrected chi connectivity index (χ1v) is 4.47. The van der Waals surface area contributed by atoms with Crippen LogP contribution in [-0.2, 0) is 12.6 Å². The van der Waals surface area contributed by atoms with Gasteiger partial charge in [-0.05, 0) is 12.8 Å². The largest absolute Gasteiger partial charge is 0.433 e. The summed E-state index contributed by atoms with van der Waals surface area (Å²) in [7, 11) is 0. The molecular weight excluding hydrogens is 202 g/mol. The molecule has 1 nitrogen and oxygen atoms in total. The van der Waals surface area contributed by atoms with Gasteiger partial charge in [-0.25, -0.2) is 0 Å². The van der Waals surface area contributed by atoms with E-state index in [0.717, 1.165) is 19.4 Å². The maximum Gasteiger partial charge on any atom is 0.130 e. The monoisotopic (exact) mass is 210 g/mol. The summed E-state index contributed by atoms with van der Waals surface area (Å²) < 4.78 is 1.15. The summed E-state index contributed by atoms with van der Waals surface area (Å²) in [6, 6.07) is 0. The summed E-state index contributed by atoms with van der Waals surface area (Å²) in [4.78, 5) is 0. The maximum atomic E-state index is 4.71. The van der Waals surface area contributed by atoms with E-state index in [1.165, 1.54) is 0 Å². The molecule has 0 atom stereocenters. The van der Waals surface area contributed by atoms with E-state index in [0.29, 0.717) is 8.52 Å². The summed E-state index contributed by atoms with van der Waals surface area (Å²) in [6.07, 6.45) is 1.73. The maximum absolute atomic E-state index is 4.71. The van der Waals surface area contributed by atoms with Crippen LogP contribution in [-0.4, -0.2) is 15.1 Å². The Hall–Kier alpha value is 0.550. The molecule has 0 saturated heterocycles. The van der Waals surface area contributed by atoms with Crippen molar-refractivity contribution in [3.8, 4) is 0 Å². The Labute approximate surface area is 82.8 Å². The summed E-state index contributed by atoms with van der Waals surface area (Å²) in [5.74, 6) is 0. The Bertz CT molecular complexity index is 118. The van der Waals surface area contributed by atoms with Gasteiger partial charge in [0.15, 0.2) is 0 Å². The predicted molar refractivity (Wildman–Crippen MR) is 58.8 cm³/mol. The molecule has 0 rings (SSSR count). The van der Waals surface area contributed by atoms with Crippen LogP contribution in [0.3, 0.4) is 0 Å². The molecule has 0 aromatic rings. The molecule has 0 aromatic heterocycles. The van der Waals surface area contributed by atoms with Gasteiger partial charge < -0.3 is 30.2 Å². The highest BCUT2D eigenvalue weighted by atomic mass is 32.1. The van der Waals surface area contributed by atoms with Gasteiger partial charge in [-0.2, -0.15) is 4.20 Å². The molecule has 0 aliphatic rings. The highest BCUT2D eigenvalue weighted by molar-refractivity contribution is 8.11. The van der Waals surface area contributed by atoms with Gasteiger partial charge in [0.2, 0.25) is 0 Å². The van der Waals surface area contributed by atoms with Gasteiger partial charge in [0.05, 0.1) is 0 Å². The standard InChI is InChI=1S/C5H9NS4/c7-4(8)2-1-3-6-5(9)10/h1-3H2,(H,7,8)(H2,6,9,10)/p-1. The fourth-order valence-electron chi connectivity index (χ4n) is 0.428. The van der Waals surface area contributed by atoms with Crippen molar-refractivity contribution in [2.24, 2.45) is 0 Å². The molecule has 0 fully saturated rings. The minimum Gasteiger partial charge on any atom is -0.433 e. The molecule has 10 heavy (non-hydrogen) atoms. The zero-order chi connectivity index (χ0) is 7.98. The first kappa shape index (κ1) is 10.6. The summed E-state index contributed by atoms with van der Waals surface area (Å²) in [5, 5.41) is 2.89. The fraction of sp³-hybridized carbons (Fsp3) is 0.600. The van der Waals surface area contributed by atoms with E-state index in [4.69, 9.17) is 24.8 Å². The molecule has 0 aromatic carbocycles. The molecule has 0 aliphatic carbocycles. The summed E-state index contributed by atoms with van der Waals surface area (Å²) >= 11 is 18.0. The fourth-order valence-corrected chi connectivity index (χ4v) is 0.931. The van der Waals surface area contributed by atoms with Crippen molar-refractivity contribution < 1.29 is 0 Å². The second-order valence-corrected chi connectivity index (χ2v) is 4.11. The third-order valence-corrected chi connectivity index (χ3v) is 1.54. The number of hydrogen-bond donors (Lipinski definition) is 2. The Balaban J connectivity index is 3.06. The van der Waals surface area contributed by atoms with Crippen molar-refractivity contribution in [3.05, 3.63) is 0 Å². The van der Waals surface area contributed by atoms with E-state index in [9.17, 15) is 0 Å². The second kappa shape index (κ2) is 6.27. The topological polar surface area (TPSA) is 12.0 Å². The SMILES string of the molecule is S=C([S-])CCCNC(=S)S. The number of rotatable bonds is 4. The van der Waals surface area contributed by atoms with E-state index < -0.39 is 0 Å². The number of hydrogen-bond acceptors (Lipinski definition) is 3. The van der Waals surface area contributed by atoms with E-state index in [2.05, 4.69) is 30.2 Å². The van der Waals surface area contributed by atoms with Crippen LogP contribution < -0.4 is 5.32 Å². The number of thiol groups is 1. The zero-order valence-electron chi connectivity index (χ0n) is 5.29. The smallest absolute Gasteiger partial charge is 0.130 e. The van der Waals surface area contributed by atoms with Crippen LogP contribution in [0.1, 0.15) is 12.8 Å². The average molecular weight is 210 g/mol. The van der Waals surface area contributed by atoms with Gasteiger partial charge in [-0.15, -0.1) is 12.6 Å². The molecular formula is C5H8NS4-. The molecule has 5 heteroatoms. The van der Waals surface area contributed by atoms with Crippen LogP contribution in [0, 0.1) is 0 Å². The lowest BCUT2D eigenvalue weighted by atomic mass is 10.3. The molecule has 0 radical (unpaired) electrons. The molecule has 0 spiro atoms. The Kier molecular flexibility index (Phi) is 6.62. The van der Waals surface area contributed by atoms with Gasteiger partial charge in [-0.3, -0.25) is 0 Å². The van der Waals surface area contributed by atoms with Crippen LogP contribution in [0.2, 0.25) is 0 Å². The van der Waals surface area contributed by atoms with Crippen LogP contribution in [0.15, 0.2) is 0 Å². The van der Waals surface area contributed by atoms with Crippen LogP contribution in [0.4, 0.5) is 0 Å². The Morgan fingerprint density at radius 2 is 2.10 bits per heavy atom. The molecule has 0 unspecified atom stereocenters. The lowest BCUT2D eigenvalue weighted by Crippen LogP contribution is -2.17. The zero-order valence-corrected chi connectivity index (χ0v) is 8.64.